The van der Waals surface area contributed by atoms with Crippen molar-refractivity contribution in [1.82, 2.24) is 20.0 Å². The first-order valence-corrected chi connectivity index (χ1v) is 8.03. The summed E-state index contributed by atoms with van der Waals surface area (Å²) in [5.41, 5.74) is 3.62. The molecule has 0 N–H and O–H groups in total. The smallest absolute Gasteiger partial charge is 0.338 e. The van der Waals surface area contributed by atoms with Gasteiger partial charge in [0.25, 0.3) is 5.89 Å². The lowest BCUT2D eigenvalue weighted by Gasteiger charge is -2.10. The third-order valence-corrected chi connectivity index (χ3v) is 3.80. The van der Waals surface area contributed by atoms with Crippen LogP contribution in [0.5, 0.6) is 0 Å². The van der Waals surface area contributed by atoms with Crippen molar-refractivity contribution in [3.05, 3.63) is 64.6 Å². The first-order valence-electron chi connectivity index (χ1n) is 8.03. The van der Waals surface area contributed by atoms with Gasteiger partial charge in [0.15, 0.2) is 6.10 Å². The number of aryl methyl sites for hydroxylation is 3. The second-order valence-corrected chi connectivity index (χ2v) is 5.99. The summed E-state index contributed by atoms with van der Waals surface area (Å²) >= 11 is 0. The van der Waals surface area contributed by atoms with Gasteiger partial charge in [-0.3, -0.25) is 4.68 Å². The fourth-order valence-corrected chi connectivity index (χ4v) is 2.51. The summed E-state index contributed by atoms with van der Waals surface area (Å²) in [6.07, 6.45) is -0.594. The average Bonchev–Trinajstić information content (AvgIpc) is 3.13. The third-order valence-electron chi connectivity index (χ3n) is 3.80. The summed E-state index contributed by atoms with van der Waals surface area (Å²) in [5.74, 6) is 0.291. The molecular weight excluding hydrogens is 320 g/mol. The summed E-state index contributed by atoms with van der Waals surface area (Å²) in [7, 11) is 0. The lowest BCUT2D eigenvalue weighted by atomic mass is 10.1. The monoisotopic (exact) mass is 340 g/mol. The molecule has 25 heavy (non-hydrogen) atoms. The Labute approximate surface area is 145 Å². The third kappa shape index (κ3) is 3.93. The Bertz CT molecular complexity index is 880. The van der Waals surface area contributed by atoms with Gasteiger partial charge in [-0.2, -0.15) is 5.10 Å². The van der Waals surface area contributed by atoms with Crippen LogP contribution in [0.25, 0.3) is 0 Å². The molecule has 3 aromatic rings. The highest BCUT2D eigenvalue weighted by atomic mass is 16.6. The van der Waals surface area contributed by atoms with Crippen molar-refractivity contribution in [1.29, 1.82) is 0 Å². The molecule has 7 nitrogen and oxygen atoms in total. The topological polar surface area (TPSA) is 83.0 Å². The van der Waals surface area contributed by atoms with Gasteiger partial charge in [-0.15, -0.1) is 10.2 Å². The van der Waals surface area contributed by atoms with E-state index in [0.717, 1.165) is 17.0 Å². The highest BCUT2D eigenvalue weighted by Gasteiger charge is 2.18. The number of aromatic nitrogens is 4. The summed E-state index contributed by atoms with van der Waals surface area (Å²) in [5, 5.41) is 12.0. The van der Waals surface area contributed by atoms with Crippen molar-refractivity contribution in [2.24, 2.45) is 0 Å². The predicted molar refractivity (Wildman–Crippen MR) is 90.1 cm³/mol. The molecule has 0 saturated heterocycles. The Hall–Kier alpha value is -2.96. The van der Waals surface area contributed by atoms with Gasteiger partial charge in [0, 0.05) is 12.6 Å². The Kier molecular flexibility index (Phi) is 4.65. The van der Waals surface area contributed by atoms with Gasteiger partial charge < -0.3 is 9.15 Å². The number of nitrogens with zero attached hydrogens (tertiary/aromatic N) is 4. The Morgan fingerprint density at radius 3 is 2.48 bits per heavy atom. The minimum absolute atomic E-state index is 0.284. The molecule has 0 aliphatic rings. The second-order valence-electron chi connectivity index (χ2n) is 5.99. The van der Waals surface area contributed by atoms with Crippen molar-refractivity contribution in [3.63, 3.8) is 0 Å². The van der Waals surface area contributed by atoms with Crippen LogP contribution < -0.4 is 0 Å². The van der Waals surface area contributed by atoms with Gasteiger partial charge in [0.2, 0.25) is 5.89 Å². The fraction of sp³-hybridized carbons (Fsp3) is 0.333. The van der Waals surface area contributed by atoms with Crippen molar-refractivity contribution < 1.29 is 13.9 Å². The minimum Gasteiger partial charge on any atom is -0.449 e. The van der Waals surface area contributed by atoms with E-state index < -0.39 is 12.1 Å². The van der Waals surface area contributed by atoms with Crippen LogP contribution in [0.2, 0.25) is 0 Å². The molecule has 7 heteroatoms. The van der Waals surface area contributed by atoms with Crippen LogP contribution in [0, 0.1) is 20.8 Å². The highest BCUT2D eigenvalue weighted by Crippen LogP contribution is 2.18. The quantitative estimate of drug-likeness (QED) is 0.664. The molecule has 0 aliphatic carbocycles. The number of carbonyl (C=O) groups is 1. The minimum atomic E-state index is -0.594. The number of rotatable bonds is 5. The molecule has 3 rings (SSSR count). The molecule has 130 valence electrons. The molecule has 2 aromatic heterocycles. The number of ether oxygens (including phenoxy) is 1. The van der Waals surface area contributed by atoms with E-state index in [4.69, 9.17) is 9.15 Å². The molecular formula is C18H20N4O3. The maximum absolute atomic E-state index is 12.2. The normalized spacial score (nSPS) is 12.2. The second kappa shape index (κ2) is 6.88. The van der Waals surface area contributed by atoms with Crippen molar-refractivity contribution in [2.45, 2.75) is 40.3 Å². The van der Waals surface area contributed by atoms with Crippen molar-refractivity contribution >= 4 is 5.97 Å². The molecule has 0 amide bonds. The zero-order valence-electron chi connectivity index (χ0n) is 14.7. The average molecular weight is 340 g/mol. The molecule has 0 radical (unpaired) electrons. The first kappa shape index (κ1) is 16.9. The molecule has 0 fully saturated rings. The molecule has 1 atom stereocenters. The highest BCUT2D eigenvalue weighted by molar-refractivity contribution is 5.89. The van der Waals surface area contributed by atoms with Gasteiger partial charge in [-0.25, -0.2) is 4.79 Å². The van der Waals surface area contributed by atoms with Crippen LogP contribution in [0.1, 0.15) is 52.1 Å². The van der Waals surface area contributed by atoms with Gasteiger partial charge in [0.1, 0.15) is 0 Å². The van der Waals surface area contributed by atoms with Gasteiger partial charge >= 0.3 is 5.97 Å². The van der Waals surface area contributed by atoms with E-state index in [-0.39, 0.29) is 5.89 Å². The lowest BCUT2D eigenvalue weighted by molar-refractivity contribution is 0.0277. The van der Waals surface area contributed by atoms with E-state index in [0.29, 0.717) is 18.0 Å². The molecule has 1 aromatic carbocycles. The Morgan fingerprint density at radius 2 is 1.92 bits per heavy atom. The Balaban J connectivity index is 1.65. The van der Waals surface area contributed by atoms with Gasteiger partial charge in [-0.05, 0) is 44.5 Å². The maximum atomic E-state index is 12.2. The molecule has 0 unspecified atom stereocenters. The van der Waals surface area contributed by atoms with E-state index >= 15 is 0 Å². The van der Waals surface area contributed by atoms with Gasteiger partial charge in [-0.1, -0.05) is 12.1 Å². The first-order chi connectivity index (χ1) is 11.9. The number of hydrogen-bond acceptors (Lipinski definition) is 6. The van der Waals surface area contributed by atoms with Crippen molar-refractivity contribution in [2.75, 3.05) is 0 Å². The standard InChI is InChI=1S/C18H20N4O3/c1-11-9-12(2)22(21-11)10-15-5-7-16(8-6-15)18(23)24-13(3)17-20-19-14(4)25-17/h5-9,13H,10H2,1-4H3/t13-/m1/s1. The summed E-state index contributed by atoms with van der Waals surface area (Å²) in [6.45, 7) is 8.03. The largest absolute Gasteiger partial charge is 0.449 e. The summed E-state index contributed by atoms with van der Waals surface area (Å²) < 4.78 is 12.6. The Morgan fingerprint density at radius 1 is 1.20 bits per heavy atom. The van der Waals surface area contributed by atoms with Crippen LogP contribution >= 0.6 is 0 Å². The fourth-order valence-electron chi connectivity index (χ4n) is 2.51. The van der Waals surface area contributed by atoms with E-state index in [9.17, 15) is 4.79 Å². The number of hydrogen-bond donors (Lipinski definition) is 0. The summed E-state index contributed by atoms with van der Waals surface area (Å²) in [6, 6.07) is 9.32. The van der Waals surface area contributed by atoms with Crippen LogP contribution in [0.4, 0.5) is 0 Å². The van der Waals surface area contributed by atoms with Crippen LogP contribution in [-0.4, -0.2) is 25.9 Å². The lowest BCUT2D eigenvalue weighted by Crippen LogP contribution is -2.10. The van der Waals surface area contributed by atoms with Crippen LogP contribution in [0.3, 0.4) is 0 Å². The molecule has 0 aliphatic heterocycles. The maximum Gasteiger partial charge on any atom is 0.338 e. The van der Waals surface area contributed by atoms with E-state index in [1.807, 2.05) is 36.7 Å². The zero-order valence-corrected chi connectivity index (χ0v) is 14.7. The molecule has 0 saturated carbocycles. The zero-order chi connectivity index (χ0) is 18.0. The number of esters is 1. The molecule has 2 heterocycles. The molecule has 0 bridgehead atoms. The summed E-state index contributed by atoms with van der Waals surface area (Å²) in [4.78, 5) is 12.2. The predicted octanol–water partition coefficient (Wildman–Crippen LogP) is 3.16. The molecule has 0 spiro atoms. The number of benzene rings is 1. The SMILES string of the molecule is Cc1cc(C)n(Cc2ccc(C(=O)O[C@H](C)c3nnc(C)o3)cc2)n1. The van der Waals surface area contributed by atoms with E-state index in [1.165, 1.54) is 0 Å². The van der Waals surface area contributed by atoms with E-state index in [1.54, 1.807) is 26.0 Å². The van der Waals surface area contributed by atoms with Crippen molar-refractivity contribution in [3.8, 4) is 0 Å². The van der Waals surface area contributed by atoms with Crippen LogP contribution in [-0.2, 0) is 11.3 Å². The van der Waals surface area contributed by atoms with E-state index in [2.05, 4.69) is 15.3 Å². The van der Waals surface area contributed by atoms with Crippen LogP contribution in [0.15, 0.2) is 34.7 Å². The van der Waals surface area contributed by atoms with Gasteiger partial charge in [0.05, 0.1) is 17.8 Å². The number of carbonyl (C=O) groups excluding carboxylic acids is 1.